The molecular weight excluding hydrogens is 231 g/mol. The maximum Gasteiger partial charge on any atom is 0.239 e. The van der Waals surface area contributed by atoms with E-state index in [2.05, 4.69) is 24.5 Å². The van der Waals surface area contributed by atoms with Gasteiger partial charge < -0.3 is 10.6 Å². The lowest BCUT2D eigenvalue weighted by Gasteiger charge is -2.10. The molecule has 0 atom stereocenters. The van der Waals surface area contributed by atoms with E-state index in [9.17, 15) is 9.18 Å². The Morgan fingerprint density at radius 2 is 2.11 bits per heavy atom. The van der Waals surface area contributed by atoms with Crippen molar-refractivity contribution in [2.45, 2.75) is 27.2 Å². The molecule has 2 N–H and O–H groups in total. The SMILES string of the molecule is Cc1ccc(F)cc1NCC(=O)NCCC(C)C. The summed E-state index contributed by atoms with van der Waals surface area (Å²) in [4.78, 5) is 11.5. The van der Waals surface area contributed by atoms with Crippen molar-refractivity contribution in [3.63, 3.8) is 0 Å². The number of carbonyl (C=O) groups excluding carboxylic acids is 1. The van der Waals surface area contributed by atoms with Crippen LogP contribution in [0.4, 0.5) is 10.1 Å². The minimum Gasteiger partial charge on any atom is -0.376 e. The van der Waals surface area contributed by atoms with Crippen molar-refractivity contribution < 1.29 is 9.18 Å². The van der Waals surface area contributed by atoms with E-state index in [1.807, 2.05) is 6.92 Å². The van der Waals surface area contributed by atoms with Crippen LogP contribution in [0.25, 0.3) is 0 Å². The van der Waals surface area contributed by atoms with Crippen LogP contribution in [-0.4, -0.2) is 19.0 Å². The topological polar surface area (TPSA) is 41.1 Å². The number of amides is 1. The van der Waals surface area contributed by atoms with E-state index in [4.69, 9.17) is 0 Å². The van der Waals surface area contributed by atoms with Crippen molar-refractivity contribution in [3.8, 4) is 0 Å². The van der Waals surface area contributed by atoms with Crippen LogP contribution in [0.2, 0.25) is 0 Å². The molecule has 0 saturated carbocycles. The second-order valence-electron chi connectivity index (χ2n) is 4.85. The van der Waals surface area contributed by atoms with Gasteiger partial charge in [-0.25, -0.2) is 4.39 Å². The monoisotopic (exact) mass is 252 g/mol. The summed E-state index contributed by atoms with van der Waals surface area (Å²) in [6.07, 6.45) is 0.963. The van der Waals surface area contributed by atoms with Crippen LogP contribution in [0.5, 0.6) is 0 Å². The van der Waals surface area contributed by atoms with Gasteiger partial charge in [0.05, 0.1) is 6.54 Å². The van der Waals surface area contributed by atoms with Crippen LogP contribution in [0.15, 0.2) is 18.2 Å². The molecule has 0 heterocycles. The van der Waals surface area contributed by atoms with Gasteiger partial charge in [-0.15, -0.1) is 0 Å². The molecule has 0 saturated heterocycles. The van der Waals surface area contributed by atoms with E-state index < -0.39 is 0 Å². The van der Waals surface area contributed by atoms with E-state index in [0.29, 0.717) is 18.2 Å². The maximum absolute atomic E-state index is 13.0. The van der Waals surface area contributed by atoms with Crippen LogP contribution in [-0.2, 0) is 4.79 Å². The number of halogens is 1. The molecule has 1 aromatic carbocycles. The Hall–Kier alpha value is -1.58. The molecule has 1 rings (SSSR count). The molecule has 1 amide bonds. The Labute approximate surface area is 108 Å². The van der Waals surface area contributed by atoms with Gasteiger partial charge in [-0.05, 0) is 37.0 Å². The van der Waals surface area contributed by atoms with Gasteiger partial charge in [-0.1, -0.05) is 19.9 Å². The zero-order chi connectivity index (χ0) is 13.5. The van der Waals surface area contributed by atoms with Crippen molar-refractivity contribution in [2.24, 2.45) is 5.92 Å². The first-order valence-electron chi connectivity index (χ1n) is 6.25. The van der Waals surface area contributed by atoms with Crippen LogP contribution in [0, 0.1) is 18.7 Å². The van der Waals surface area contributed by atoms with Gasteiger partial charge in [0.1, 0.15) is 5.82 Å². The fourth-order valence-electron chi connectivity index (χ4n) is 1.52. The van der Waals surface area contributed by atoms with Gasteiger partial charge in [0.25, 0.3) is 0 Å². The minimum atomic E-state index is -0.302. The Morgan fingerprint density at radius 3 is 2.78 bits per heavy atom. The van der Waals surface area contributed by atoms with E-state index in [-0.39, 0.29) is 18.3 Å². The van der Waals surface area contributed by atoms with Gasteiger partial charge >= 0.3 is 0 Å². The van der Waals surface area contributed by atoms with Crippen molar-refractivity contribution in [1.29, 1.82) is 0 Å². The Bertz CT molecular complexity index is 405. The van der Waals surface area contributed by atoms with Crippen molar-refractivity contribution in [3.05, 3.63) is 29.6 Å². The summed E-state index contributed by atoms with van der Waals surface area (Å²) in [6.45, 7) is 6.95. The number of rotatable bonds is 6. The summed E-state index contributed by atoms with van der Waals surface area (Å²) in [5.41, 5.74) is 1.58. The van der Waals surface area contributed by atoms with Crippen molar-refractivity contribution in [1.82, 2.24) is 5.32 Å². The maximum atomic E-state index is 13.0. The fourth-order valence-corrected chi connectivity index (χ4v) is 1.52. The standard InChI is InChI=1S/C14H21FN2O/c1-10(2)6-7-16-14(18)9-17-13-8-12(15)5-4-11(13)3/h4-5,8,10,17H,6-7,9H2,1-3H3,(H,16,18). The molecule has 0 aliphatic heterocycles. The smallest absolute Gasteiger partial charge is 0.239 e. The predicted octanol–water partition coefficient (Wildman–Crippen LogP) is 2.71. The number of anilines is 1. The van der Waals surface area contributed by atoms with Gasteiger partial charge in [0.15, 0.2) is 0 Å². The van der Waals surface area contributed by atoms with Crippen molar-refractivity contribution >= 4 is 11.6 Å². The highest BCUT2D eigenvalue weighted by atomic mass is 19.1. The highest BCUT2D eigenvalue weighted by Gasteiger charge is 2.04. The first-order valence-corrected chi connectivity index (χ1v) is 6.25. The Kier molecular flexibility index (Phi) is 5.62. The molecule has 1 aromatic rings. The zero-order valence-electron chi connectivity index (χ0n) is 11.2. The molecule has 0 aromatic heterocycles. The quantitative estimate of drug-likeness (QED) is 0.817. The summed E-state index contributed by atoms with van der Waals surface area (Å²) in [7, 11) is 0. The lowest BCUT2D eigenvalue weighted by Crippen LogP contribution is -2.31. The summed E-state index contributed by atoms with van der Waals surface area (Å²) < 4.78 is 13.0. The average molecular weight is 252 g/mol. The molecule has 0 spiro atoms. The number of nitrogens with one attached hydrogen (secondary N) is 2. The highest BCUT2D eigenvalue weighted by Crippen LogP contribution is 2.15. The number of aryl methyl sites for hydroxylation is 1. The lowest BCUT2D eigenvalue weighted by molar-refractivity contribution is -0.119. The number of hydrogen-bond donors (Lipinski definition) is 2. The van der Waals surface area contributed by atoms with Gasteiger partial charge in [0, 0.05) is 12.2 Å². The van der Waals surface area contributed by atoms with E-state index in [1.165, 1.54) is 12.1 Å². The second-order valence-corrected chi connectivity index (χ2v) is 4.85. The molecule has 0 fully saturated rings. The molecule has 0 aliphatic rings. The highest BCUT2D eigenvalue weighted by molar-refractivity contribution is 5.80. The minimum absolute atomic E-state index is 0.0701. The Balaban J connectivity index is 2.36. The van der Waals surface area contributed by atoms with Crippen LogP contribution >= 0.6 is 0 Å². The van der Waals surface area contributed by atoms with Crippen LogP contribution in [0.1, 0.15) is 25.8 Å². The molecule has 0 unspecified atom stereocenters. The van der Waals surface area contributed by atoms with Crippen LogP contribution < -0.4 is 10.6 Å². The van der Waals surface area contributed by atoms with E-state index in [1.54, 1.807) is 6.07 Å². The molecule has 100 valence electrons. The number of carbonyl (C=O) groups is 1. The first kappa shape index (κ1) is 14.5. The molecule has 4 heteroatoms. The zero-order valence-corrected chi connectivity index (χ0v) is 11.2. The summed E-state index contributed by atoms with van der Waals surface area (Å²) >= 11 is 0. The van der Waals surface area contributed by atoms with E-state index >= 15 is 0 Å². The molecule has 0 aliphatic carbocycles. The molecule has 3 nitrogen and oxygen atoms in total. The number of hydrogen-bond acceptors (Lipinski definition) is 2. The summed E-state index contributed by atoms with van der Waals surface area (Å²) in [5.74, 6) is 0.200. The third-order valence-corrected chi connectivity index (χ3v) is 2.68. The van der Waals surface area contributed by atoms with Gasteiger partial charge in [-0.2, -0.15) is 0 Å². The average Bonchev–Trinajstić information content (AvgIpc) is 2.30. The summed E-state index contributed by atoms with van der Waals surface area (Å²) in [6, 6.07) is 4.49. The summed E-state index contributed by atoms with van der Waals surface area (Å²) in [5, 5.41) is 5.76. The third kappa shape index (κ3) is 5.17. The van der Waals surface area contributed by atoms with Gasteiger partial charge in [-0.3, -0.25) is 4.79 Å². The molecular formula is C14H21FN2O. The van der Waals surface area contributed by atoms with E-state index in [0.717, 1.165) is 12.0 Å². The first-order chi connectivity index (χ1) is 8.49. The van der Waals surface area contributed by atoms with Crippen molar-refractivity contribution in [2.75, 3.05) is 18.4 Å². The third-order valence-electron chi connectivity index (χ3n) is 2.68. The van der Waals surface area contributed by atoms with Gasteiger partial charge in [0.2, 0.25) is 5.91 Å². The normalized spacial score (nSPS) is 10.5. The molecule has 0 radical (unpaired) electrons. The predicted molar refractivity (Wildman–Crippen MR) is 72.1 cm³/mol. The lowest BCUT2D eigenvalue weighted by atomic mass is 10.1. The fraction of sp³-hybridized carbons (Fsp3) is 0.500. The molecule has 18 heavy (non-hydrogen) atoms. The number of benzene rings is 1. The largest absolute Gasteiger partial charge is 0.376 e. The van der Waals surface area contributed by atoms with Crippen LogP contribution in [0.3, 0.4) is 0 Å². The Morgan fingerprint density at radius 1 is 1.39 bits per heavy atom. The molecule has 0 bridgehead atoms. The second kappa shape index (κ2) is 6.99.